The molecule has 0 unspecified atom stereocenters. The molecule has 2 heteroatoms. The topological polar surface area (TPSA) is 0 Å². The van der Waals surface area contributed by atoms with E-state index in [1.165, 1.54) is 11.1 Å². The number of likely N-dealkylation sites (N-methyl/N-ethyl adjacent to an activating group) is 1. The molecule has 78 valence electrons. The predicted molar refractivity (Wildman–Crippen MR) is 58.4 cm³/mol. The van der Waals surface area contributed by atoms with Gasteiger partial charge in [0.1, 0.15) is 6.54 Å². The van der Waals surface area contributed by atoms with Crippen LogP contribution in [-0.4, -0.2) is 32.2 Å². The predicted octanol–water partition coefficient (Wildman–Crippen LogP) is -0.590. The molecule has 0 saturated heterocycles. The molecular formula is C12H18ClN. The first kappa shape index (κ1) is 13.2. The summed E-state index contributed by atoms with van der Waals surface area (Å²) in [4.78, 5) is 0. The summed E-state index contributed by atoms with van der Waals surface area (Å²) in [7, 11) is 6.52. The van der Waals surface area contributed by atoms with E-state index in [9.17, 15) is 0 Å². The van der Waals surface area contributed by atoms with E-state index in [0.29, 0.717) is 0 Å². The quantitative estimate of drug-likeness (QED) is 0.587. The first-order valence-electron chi connectivity index (χ1n) is 4.53. The van der Waals surface area contributed by atoms with Gasteiger partial charge in [0, 0.05) is 5.57 Å². The van der Waals surface area contributed by atoms with E-state index in [-0.39, 0.29) is 12.4 Å². The zero-order valence-corrected chi connectivity index (χ0v) is 9.88. The van der Waals surface area contributed by atoms with Crippen molar-refractivity contribution in [2.24, 2.45) is 0 Å². The normalized spacial score (nSPS) is 10.5. The second kappa shape index (κ2) is 5.18. The Labute approximate surface area is 93.1 Å². The van der Waals surface area contributed by atoms with Gasteiger partial charge in [0.25, 0.3) is 0 Å². The van der Waals surface area contributed by atoms with Gasteiger partial charge in [0.15, 0.2) is 0 Å². The fourth-order valence-electron chi connectivity index (χ4n) is 1.34. The molecule has 0 aliphatic heterocycles. The van der Waals surface area contributed by atoms with Crippen LogP contribution >= 0.6 is 0 Å². The molecule has 0 bridgehead atoms. The molecule has 0 N–H and O–H groups in total. The Balaban J connectivity index is 0.00000169. The molecule has 0 aliphatic carbocycles. The van der Waals surface area contributed by atoms with Crippen molar-refractivity contribution in [3.05, 3.63) is 42.5 Å². The Kier molecular flexibility index (Phi) is 4.89. The van der Waals surface area contributed by atoms with Gasteiger partial charge in [-0.2, -0.15) is 0 Å². The number of hydrogen-bond donors (Lipinski definition) is 0. The minimum atomic E-state index is 0. The van der Waals surface area contributed by atoms with Gasteiger partial charge in [-0.1, -0.05) is 36.9 Å². The Hall–Kier alpha value is -0.790. The molecule has 0 aromatic heterocycles. The van der Waals surface area contributed by atoms with E-state index in [0.717, 1.165) is 11.0 Å². The number of rotatable bonds is 3. The van der Waals surface area contributed by atoms with E-state index in [1.54, 1.807) is 0 Å². The Morgan fingerprint density at radius 2 is 1.64 bits per heavy atom. The van der Waals surface area contributed by atoms with Gasteiger partial charge in [-0.3, -0.25) is 0 Å². The van der Waals surface area contributed by atoms with Crippen LogP contribution in [0.1, 0.15) is 5.56 Å². The summed E-state index contributed by atoms with van der Waals surface area (Å²) in [5.41, 5.74) is 2.45. The molecule has 1 aromatic rings. The van der Waals surface area contributed by atoms with Crippen molar-refractivity contribution in [3.8, 4) is 0 Å². The van der Waals surface area contributed by atoms with Crippen LogP contribution in [0.25, 0.3) is 5.57 Å². The van der Waals surface area contributed by atoms with Gasteiger partial charge in [-0.15, -0.1) is 0 Å². The van der Waals surface area contributed by atoms with Crippen molar-refractivity contribution in [2.75, 3.05) is 27.7 Å². The van der Waals surface area contributed by atoms with Crippen LogP contribution in [0.15, 0.2) is 36.9 Å². The molecule has 1 aromatic carbocycles. The molecule has 0 heterocycles. The van der Waals surface area contributed by atoms with E-state index >= 15 is 0 Å². The largest absolute Gasteiger partial charge is 1.00 e. The minimum absolute atomic E-state index is 0. The molecule has 14 heavy (non-hydrogen) atoms. The third kappa shape index (κ3) is 4.45. The fraction of sp³-hybridized carbons (Fsp3) is 0.333. The Bertz CT molecular complexity index is 285. The van der Waals surface area contributed by atoms with E-state index in [4.69, 9.17) is 0 Å². The SMILES string of the molecule is C=C(C[N+](C)(C)C)c1ccccc1.[Cl-]. The lowest BCUT2D eigenvalue weighted by molar-refractivity contribution is -0.862. The summed E-state index contributed by atoms with van der Waals surface area (Å²) in [5, 5.41) is 0. The molecule has 0 amide bonds. The third-order valence-electron chi connectivity index (χ3n) is 1.85. The highest BCUT2D eigenvalue weighted by molar-refractivity contribution is 5.63. The van der Waals surface area contributed by atoms with Gasteiger partial charge < -0.3 is 16.9 Å². The van der Waals surface area contributed by atoms with Crippen molar-refractivity contribution in [3.63, 3.8) is 0 Å². The lowest BCUT2D eigenvalue weighted by Gasteiger charge is -2.24. The highest BCUT2D eigenvalue weighted by atomic mass is 35.5. The van der Waals surface area contributed by atoms with Gasteiger partial charge in [0.2, 0.25) is 0 Å². The molecule has 0 spiro atoms. The summed E-state index contributed by atoms with van der Waals surface area (Å²) < 4.78 is 0.924. The molecule has 1 nitrogen and oxygen atoms in total. The highest BCUT2D eigenvalue weighted by Gasteiger charge is 2.09. The lowest BCUT2D eigenvalue weighted by Crippen LogP contribution is -3.00. The van der Waals surface area contributed by atoms with Crippen molar-refractivity contribution in [1.82, 2.24) is 0 Å². The Morgan fingerprint density at radius 3 is 2.07 bits per heavy atom. The first-order valence-corrected chi connectivity index (χ1v) is 4.53. The van der Waals surface area contributed by atoms with Crippen molar-refractivity contribution in [2.45, 2.75) is 0 Å². The number of hydrogen-bond acceptors (Lipinski definition) is 0. The second-order valence-corrected chi connectivity index (χ2v) is 4.42. The standard InChI is InChI=1S/C12H18N.ClH/c1-11(10-13(2,3)4)12-8-6-5-7-9-12;/h5-9H,1,10H2,2-4H3;1H/q+1;/p-1. The zero-order chi connectivity index (χ0) is 9.90. The van der Waals surface area contributed by atoms with Crippen molar-refractivity contribution < 1.29 is 16.9 Å². The monoisotopic (exact) mass is 211 g/mol. The maximum Gasteiger partial charge on any atom is 0.104 e. The maximum absolute atomic E-state index is 4.09. The van der Waals surface area contributed by atoms with Crippen LogP contribution in [0.3, 0.4) is 0 Å². The van der Waals surface area contributed by atoms with E-state index in [2.05, 4.69) is 52.0 Å². The van der Waals surface area contributed by atoms with Crippen molar-refractivity contribution in [1.29, 1.82) is 0 Å². The molecule has 0 fully saturated rings. The zero-order valence-electron chi connectivity index (χ0n) is 9.13. The van der Waals surface area contributed by atoms with Gasteiger partial charge in [-0.05, 0) is 5.56 Å². The average Bonchev–Trinajstić information content (AvgIpc) is 2.03. The maximum atomic E-state index is 4.09. The fourth-order valence-corrected chi connectivity index (χ4v) is 1.34. The minimum Gasteiger partial charge on any atom is -1.00 e. The highest BCUT2D eigenvalue weighted by Crippen LogP contribution is 2.13. The third-order valence-corrected chi connectivity index (χ3v) is 1.85. The van der Waals surface area contributed by atoms with Gasteiger partial charge >= 0.3 is 0 Å². The Morgan fingerprint density at radius 1 is 1.14 bits per heavy atom. The summed E-state index contributed by atoms with van der Waals surface area (Å²) in [6.45, 7) is 5.08. The molecule has 0 aliphatic rings. The summed E-state index contributed by atoms with van der Waals surface area (Å²) in [5.74, 6) is 0. The van der Waals surface area contributed by atoms with E-state index < -0.39 is 0 Å². The van der Waals surface area contributed by atoms with Crippen LogP contribution in [-0.2, 0) is 0 Å². The van der Waals surface area contributed by atoms with Crippen LogP contribution in [0.5, 0.6) is 0 Å². The van der Waals surface area contributed by atoms with E-state index in [1.807, 2.05) is 6.07 Å². The molecule has 0 atom stereocenters. The molecule has 1 rings (SSSR count). The number of quaternary nitrogens is 1. The smallest absolute Gasteiger partial charge is 0.104 e. The average molecular weight is 212 g/mol. The number of benzene rings is 1. The summed E-state index contributed by atoms with van der Waals surface area (Å²) in [6, 6.07) is 10.4. The van der Waals surface area contributed by atoms with Crippen LogP contribution in [0.2, 0.25) is 0 Å². The van der Waals surface area contributed by atoms with Crippen molar-refractivity contribution >= 4 is 5.57 Å². The number of halogens is 1. The summed E-state index contributed by atoms with van der Waals surface area (Å²) in [6.07, 6.45) is 0. The van der Waals surface area contributed by atoms with Gasteiger partial charge in [-0.25, -0.2) is 0 Å². The van der Waals surface area contributed by atoms with Crippen LogP contribution < -0.4 is 12.4 Å². The molecule has 0 saturated carbocycles. The lowest BCUT2D eigenvalue weighted by atomic mass is 10.1. The summed E-state index contributed by atoms with van der Waals surface area (Å²) >= 11 is 0. The molecule has 0 radical (unpaired) electrons. The number of nitrogens with zero attached hydrogens (tertiary/aromatic N) is 1. The first-order chi connectivity index (χ1) is 5.99. The molecular weight excluding hydrogens is 194 g/mol. The van der Waals surface area contributed by atoms with Gasteiger partial charge in [0.05, 0.1) is 21.1 Å². The second-order valence-electron chi connectivity index (χ2n) is 4.42. The van der Waals surface area contributed by atoms with Crippen LogP contribution in [0, 0.1) is 0 Å². The van der Waals surface area contributed by atoms with Crippen LogP contribution in [0.4, 0.5) is 0 Å².